The molecule has 1 aliphatic rings. The lowest BCUT2D eigenvalue weighted by atomic mass is 10.1. The Morgan fingerprint density at radius 3 is 2.29 bits per heavy atom. The van der Waals surface area contributed by atoms with Crippen LogP contribution in [0.3, 0.4) is 0 Å². The van der Waals surface area contributed by atoms with Gasteiger partial charge in [-0.1, -0.05) is 23.7 Å². The molecule has 0 amide bonds. The van der Waals surface area contributed by atoms with Gasteiger partial charge in [0.05, 0.1) is 4.92 Å². The van der Waals surface area contributed by atoms with Crippen molar-refractivity contribution in [3.63, 3.8) is 0 Å². The van der Waals surface area contributed by atoms with Crippen molar-refractivity contribution in [2.75, 3.05) is 36.0 Å². The van der Waals surface area contributed by atoms with E-state index in [2.05, 4.69) is 24.1 Å². The summed E-state index contributed by atoms with van der Waals surface area (Å²) in [6.45, 7) is 3.17. The van der Waals surface area contributed by atoms with Gasteiger partial charge in [-0.05, 0) is 35.8 Å². The van der Waals surface area contributed by atoms with Crippen LogP contribution in [-0.2, 0) is 0 Å². The van der Waals surface area contributed by atoms with Gasteiger partial charge in [-0.25, -0.2) is 9.97 Å². The number of piperazine rings is 1. The van der Waals surface area contributed by atoms with E-state index in [1.807, 2.05) is 24.3 Å². The number of non-ortho nitro benzene ring substituents is 1. The number of rotatable bonds is 4. The predicted octanol–water partition coefficient (Wildman–Crippen LogP) is 4.64. The van der Waals surface area contributed by atoms with Crippen LogP contribution >= 0.6 is 23.1 Å². The first-order valence-corrected chi connectivity index (χ1v) is 10.9. The molecule has 0 saturated carbocycles. The molecule has 4 aromatic rings. The number of aromatic nitrogens is 3. The second-order valence-electron chi connectivity index (χ2n) is 7.16. The lowest BCUT2D eigenvalue weighted by Crippen LogP contribution is -2.46. The van der Waals surface area contributed by atoms with Gasteiger partial charge in [-0.3, -0.25) is 10.1 Å². The summed E-state index contributed by atoms with van der Waals surface area (Å²) >= 11 is 7.42. The number of fused-ring (bicyclic) bond motifs is 1. The van der Waals surface area contributed by atoms with E-state index in [0.717, 1.165) is 59.2 Å². The van der Waals surface area contributed by atoms with Crippen LogP contribution in [0.25, 0.3) is 21.5 Å². The maximum atomic E-state index is 10.9. The van der Waals surface area contributed by atoms with E-state index in [0.29, 0.717) is 5.02 Å². The molecule has 2 aromatic carbocycles. The summed E-state index contributed by atoms with van der Waals surface area (Å²) in [7, 11) is 0. The van der Waals surface area contributed by atoms with Crippen LogP contribution in [0.2, 0.25) is 5.02 Å². The number of hydrogen-bond donors (Lipinski definition) is 0. The van der Waals surface area contributed by atoms with Crippen molar-refractivity contribution in [2.24, 2.45) is 0 Å². The zero-order valence-electron chi connectivity index (χ0n) is 16.3. The lowest BCUT2D eigenvalue weighted by molar-refractivity contribution is -0.384. The van der Waals surface area contributed by atoms with Crippen molar-refractivity contribution in [1.82, 2.24) is 14.3 Å². The van der Waals surface area contributed by atoms with Crippen LogP contribution in [0.4, 0.5) is 17.2 Å². The zero-order chi connectivity index (χ0) is 21.4. The van der Waals surface area contributed by atoms with E-state index in [-0.39, 0.29) is 10.6 Å². The van der Waals surface area contributed by atoms with Crippen LogP contribution in [0.15, 0.2) is 54.9 Å². The standard InChI is InChI=1S/C21H17ClN6O2S/c22-15-3-1-14(2-4-15)18-19-20(31-25-18)21(24-13-23-19)27-11-9-26(10-12-27)16-5-7-17(8-6-16)28(29)30/h1-8,13H,9-12H2. The smallest absolute Gasteiger partial charge is 0.269 e. The second kappa shape index (κ2) is 8.09. The molecule has 0 radical (unpaired) electrons. The molecule has 0 bridgehead atoms. The van der Waals surface area contributed by atoms with E-state index in [9.17, 15) is 10.1 Å². The summed E-state index contributed by atoms with van der Waals surface area (Å²) < 4.78 is 5.61. The van der Waals surface area contributed by atoms with Crippen molar-refractivity contribution in [3.05, 3.63) is 70.0 Å². The molecule has 0 atom stereocenters. The molecule has 3 heterocycles. The number of benzene rings is 2. The molecular formula is C21H17ClN6O2S. The van der Waals surface area contributed by atoms with Crippen LogP contribution in [0.5, 0.6) is 0 Å². The van der Waals surface area contributed by atoms with Crippen molar-refractivity contribution in [1.29, 1.82) is 0 Å². The Labute approximate surface area is 187 Å². The van der Waals surface area contributed by atoms with Crippen molar-refractivity contribution in [3.8, 4) is 11.3 Å². The van der Waals surface area contributed by atoms with Crippen LogP contribution < -0.4 is 9.80 Å². The number of nitro benzene ring substituents is 1. The first-order chi connectivity index (χ1) is 15.1. The molecule has 0 N–H and O–H groups in total. The van der Waals surface area contributed by atoms with Crippen molar-refractivity contribution < 1.29 is 4.92 Å². The molecule has 1 aliphatic heterocycles. The highest BCUT2D eigenvalue weighted by Gasteiger charge is 2.23. The Morgan fingerprint density at radius 2 is 1.61 bits per heavy atom. The molecule has 10 heteroatoms. The molecule has 8 nitrogen and oxygen atoms in total. The monoisotopic (exact) mass is 452 g/mol. The van der Waals surface area contributed by atoms with E-state index in [1.54, 1.807) is 30.6 Å². The third kappa shape index (κ3) is 3.77. The van der Waals surface area contributed by atoms with Gasteiger partial charge in [-0.2, -0.15) is 4.37 Å². The minimum atomic E-state index is -0.380. The predicted molar refractivity (Wildman–Crippen MR) is 123 cm³/mol. The Bertz CT molecular complexity index is 1240. The van der Waals surface area contributed by atoms with Crippen LogP contribution in [-0.4, -0.2) is 45.4 Å². The number of anilines is 2. The van der Waals surface area contributed by atoms with E-state index in [1.165, 1.54) is 11.5 Å². The van der Waals surface area contributed by atoms with E-state index in [4.69, 9.17) is 11.6 Å². The molecular weight excluding hydrogens is 436 g/mol. The maximum Gasteiger partial charge on any atom is 0.269 e. The van der Waals surface area contributed by atoms with Gasteiger partial charge < -0.3 is 9.80 Å². The maximum absolute atomic E-state index is 10.9. The Morgan fingerprint density at radius 1 is 0.935 bits per heavy atom. The Hall–Kier alpha value is -3.30. The molecule has 0 unspecified atom stereocenters. The fourth-order valence-electron chi connectivity index (χ4n) is 3.74. The van der Waals surface area contributed by atoms with Gasteiger partial charge in [0, 0.05) is 54.6 Å². The normalized spacial score (nSPS) is 14.2. The third-order valence-electron chi connectivity index (χ3n) is 5.36. The highest BCUT2D eigenvalue weighted by atomic mass is 35.5. The summed E-state index contributed by atoms with van der Waals surface area (Å²) in [4.78, 5) is 24.0. The number of nitro groups is 1. The minimum absolute atomic E-state index is 0.104. The molecule has 0 aliphatic carbocycles. The summed E-state index contributed by atoms with van der Waals surface area (Å²) in [5, 5.41) is 11.6. The number of halogens is 1. The topological polar surface area (TPSA) is 88.3 Å². The quantitative estimate of drug-likeness (QED) is 0.329. The summed E-state index contributed by atoms with van der Waals surface area (Å²) in [6.07, 6.45) is 1.59. The number of hydrogen-bond acceptors (Lipinski definition) is 8. The average molecular weight is 453 g/mol. The third-order valence-corrected chi connectivity index (χ3v) is 6.44. The van der Waals surface area contributed by atoms with Gasteiger partial charge in [0.2, 0.25) is 0 Å². The highest BCUT2D eigenvalue weighted by molar-refractivity contribution is 7.14. The van der Waals surface area contributed by atoms with Crippen molar-refractivity contribution >= 4 is 50.5 Å². The summed E-state index contributed by atoms with van der Waals surface area (Å²) in [5.41, 5.74) is 3.75. The molecule has 0 spiro atoms. The van der Waals surface area contributed by atoms with Gasteiger partial charge in [-0.15, -0.1) is 0 Å². The van der Waals surface area contributed by atoms with E-state index < -0.39 is 0 Å². The molecule has 5 rings (SSSR count). The lowest BCUT2D eigenvalue weighted by Gasteiger charge is -2.36. The van der Waals surface area contributed by atoms with Gasteiger partial charge in [0.25, 0.3) is 5.69 Å². The number of nitrogens with zero attached hydrogens (tertiary/aromatic N) is 6. The zero-order valence-corrected chi connectivity index (χ0v) is 17.9. The first kappa shape index (κ1) is 19.7. The van der Waals surface area contributed by atoms with Crippen molar-refractivity contribution in [2.45, 2.75) is 0 Å². The average Bonchev–Trinajstić information content (AvgIpc) is 3.24. The fraction of sp³-hybridized carbons (Fsp3) is 0.190. The van der Waals surface area contributed by atoms with Crippen LogP contribution in [0, 0.1) is 10.1 Å². The largest absolute Gasteiger partial charge is 0.368 e. The SMILES string of the molecule is O=[N+]([O-])c1ccc(N2CCN(c3ncnc4c(-c5ccc(Cl)cc5)nsc34)CC2)cc1. The Kier molecular flexibility index (Phi) is 5.13. The van der Waals surface area contributed by atoms with E-state index >= 15 is 0 Å². The summed E-state index contributed by atoms with van der Waals surface area (Å²) in [6, 6.07) is 14.3. The molecule has 1 saturated heterocycles. The molecule has 31 heavy (non-hydrogen) atoms. The summed E-state index contributed by atoms with van der Waals surface area (Å²) in [5.74, 6) is 0.895. The molecule has 2 aromatic heterocycles. The van der Waals surface area contributed by atoms with Crippen LogP contribution in [0.1, 0.15) is 0 Å². The minimum Gasteiger partial charge on any atom is -0.368 e. The van der Waals surface area contributed by atoms with Gasteiger partial charge in [0.1, 0.15) is 22.2 Å². The first-order valence-electron chi connectivity index (χ1n) is 9.71. The van der Waals surface area contributed by atoms with Gasteiger partial charge >= 0.3 is 0 Å². The molecule has 156 valence electrons. The van der Waals surface area contributed by atoms with Gasteiger partial charge in [0.15, 0.2) is 5.82 Å². The fourth-order valence-corrected chi connectivity index (χ4v) is 4.74. The Balaban J connectivity index is 1.36. The second-order valence-corrected chi connectivity index (χ2v) is 8.37. The highest BCUT2D eigenvalue weighted by Crippen LogP contribution is 2.35. The molecule has 1 fully saturated rings.